The molecule has 0 unspecified atom stereocenters. The summed E-state index contributed by atoms with van der Waals surface area (Å²) < 4.78 is 11.8. The van der Waals surface area contributed by atoms with Crippen LogP contribution in [0.5, 0.6) is 0 Å². The average molecular weight is 357 g/mol. The quantitative estimate of drug-likeness (QED) is 0.582. The number of esters is 1. The van der Waals surface area contributed by atoms with E-state index in [9.17, 15) is 9.59 Å². The lowest BCUT2D eigenvalue weighted by Crippen LogP contribution is -2.36. The highest BCUT2D eigenvalue weighted by molar-refractivity contribution is 5.97. The molecular weight excluding hydrogens is 334 g/mol. The second-order valence-corrected chi connectivity index (χ2v) is 6.12. The van der Waals surface area contributed by atoms with Gasteiger partial charge in [0.25, 0.3) is 0 Å². The average Bonchev–Trinajstić information content (AvgIpc) is 3.03. The van der Waals surface area contributed by atoms with Crippen molar-refractivity contribution < 1.29 is 19.1 Å². The Morgan fingerprint density at radius 3 is 2.54 bits per heavy atom. The van der Waals surface area contributed by atoms with E-state index in [1.165, 1.54) is 4.68 Å². The number of Topliss-reactive ketones (excluding diaryl/α,β-unsaturated/α-hetero) is 1. The first-order chi connectivity index (χ1) is 12.6. The first-order valence-corrected chi connectivity index (χ1v) is 8.75. The zero-order chi connectivity index (χ0) is 18.5. The van der Waals surface area contributed by atoms with E-state index in [0.717, 1.165) is 32.0 Å². The third kappa shape index (κ3) is 3.94. The second-order valence-electron chi connectivity index (χ2n) is 6.12. The van der Waals surface area contributed by atoms with E-state index < -0.39 is 5.97 Å². The molecule has 138 valence electrons. The van der Waals surface area contributed by atoms with Crippen LogP contribution in [0.15, 0.2) is 30.5 Å². The number of hydrogen-bond donors (Lipinski definition) is 0. The summed E-state index contributed by atoms with van der Waals surface area (Å²) in [5, 5.41) is 4.15. The molecule has 2 heterocycles. The van der Waals surface area contributed by atoms with Crippen molar-refractivity contribution in [3.05, 3.63) is 47.3 Å². The summed E-state index contributed by atoms with van der Waals surface area (Å²) >= 11 is 0. The van der Waals surface area contributed by atoms with Gasteiger partial charge in [0.15, 0.2) is 5.78 Å². The van der Waals surface area contributed by atoms with Gasteiger partial charge in [-0.2, -0.15) is 5.10 Å². The highest BCUT2D eigenvalue weighted by atomic mass is 16.5. The first kappa shape index (κ1) is 18.1. The van der Waals surface area contributed by atoms with Gasteiger partial charge in [-0.15, -0.1) is 0 Å². The van der Waals surface area contributed by atoms with Crippen LogP contribution in [0.3, 0.4) is 0 Å². The van der Waals surface area contributed by atoms with Crippen LogP contribution in [0, 0.1) is 6.92 Å². The molecule has 1 fully saturated rings. The van der Waals surface area contributed by atoms with Crippen LogP contribution >= 0.6 is 0 Å². The third-order valence-electron chi connectivity index (χ3n) is 4.35. The smallest absolute Gasteiger partial charge is 0.356 e. The maximum atomic E-state index is 12.6. The molecule has 1 aliphatic rings. The van der Waals surface area contributed by atoms with Gasteiger partial charge in [0, 0.05) is 29.9 Å². The number of carbonyl (C=O) groups excluding carboxylic acids is 2. The van der Waals surface area contributed by atoms with Gasteiger partial charge in [-0.25, -0.2) is 4.79 Å². The summed E-state index contributed by atoms with van der Waals surface area (Å²) in [4.78, 5) is 26.9. The molecule has 2 aromatic rings. The lowest BCUT2D eigenvalue weighted by atomic mass is 10.1. The Hall–Kier alpha value is -2.67. The van der Waals surface area contributed by atoms with Crippen LogP contribution in [0.4, 0.5) is 5.69 Å². The summed E-state index contributed by atoms with van der Waals surface area (Å²) in [5.41, 5.74) is 2.68. The Bertz CT molecular complexity index is 777. The minimum absolute atomic E-state index is 0.00110. The molecule has 0 saturated carbocycles. The fourth-order valence-corrected chi connectivity index (χ4v) is 2.97. The number of carbonyl (C=O) groups is 2. The number of hydrogen-bond acceptors (Lipinski definition) is 6. The number of benzene rings is 1. The topological polar surface area (TPSA) is 73.7 Å². The summed E-state index contributed by atoms with van der Waals surface area (Å²) in [6.07, 6.45) is 1.57. The summed E-state index contributed by atoms with van der Waals surface area (Å²) in [6.45, 7) is 6.93. The molecule has 26 heavy (non-hydrogen) atoms. The molecule has 0 aliphatic carbocycles. The molecule has 7 heteroatoms. The van der Waals surface area contributed by atoms with Crippen molar-refractivity contribution in [1.82, 2.24) is 9.78 Å². The molecule has 3 rings (SSSR count). The Morgan fingerprint density at radius 1 is 1.19 bits per heavy atom. The normalized spacial score (nSPS) is 14.3. The van der Waals surface area contributed by atoms with E-state index in [1.807, 2.05) is 24.3 Å². The third-order valence-corrected chi connectivity index (χ3v) is 4.35. The molecule has 1 aliphatic heterocycles. The molecule has 1 aromatic carbocycles. The van der Waals surface area contributed by atoms with E-state index in [1.54, 1.807) is 20.0 Å². The van der Waals surface area contributed by atoms with Crippen molar-refractivity contribution in [3.8, 4) is 0 Å². The first-order valence-electron chi connectivity index (χ1n) is 8.75. The van der Waals surface area contributed by atoms with E-state index in [-0.39, 0.29) is 18.9 Å². The van der Waals surface area contributed by atoms with Gasteiger partial charge in [0.1, 0.15) is 12.2 Å². The van der Waals surface area contributed by atoms with Crippen molar-refractivity contribution in [1.29, 1.82) is 0 Å². The second kappa shape index (κ2) is 8.14. The molecule has 0 spiro atoms. The van der Waals surface area contributed by atoms with Crippen LogP contribution in [-0.4, -0.2) is 54.4 Å². The number of rotatable bonds is 6. The van der Waals surface area contributed by atoms with Gasteiger partial charge in [-0.3, -0.25) is 9.48 Å². The number of ether oxygens (including phenoxy) is 2. The number of aromatic nitrogens is 2. The van der Waals surface area contributed by atoms with Crippen LogP contribution in [0.1, 0.15) is 33.3 Å². The van der Waals surface area contributed by atoms with Crippen LogP contribution in [0.2, 0.25) is 0 Å². The maximum absolute atomic E-state index is 12.6. The molecule has 1 saturated heterocycles. The minimum atomic E-state index is -0.460. The fraction of sp³-hybridized carbons (Fsp3) is 0.421. The summed E-state index contributed by atoms with van der Waals surface area (Å²) in [7, 11) is 0. The lowest BCUT2D eigenvalue weighted by Gasteiger charge is -2.28. The molecule has 0 amide bonds. The van der Waals surface area contributed by atoms with Gasteiger partial charge in [0.05, 0.1) is 26.0 Å². The predicted molar refractivity (Wildman–Crippen MR) is 96.7 cm³/mol. The number of morpholine rings is 1. The van der Waals surface area contributed by atoms with Crippen molar-refractivity contribution in [2.45, 2.75) is 20.4 Å². The van der Waals surface area contributed by atoms with Crippen molar-refractivity contribution in [2.24, 2.45) is 0 Å². The Morgan fingerprint density at radius 2 is 1.88 bits per heavy atom. The van der Waals surface area contributed by atoms with Crippen LogP contribution < -0.4 is 4.90 Å². The van der Waals surface area contributed by atoms with Gasteiger partial charge in [-0.05, 0) is 38.1 Å². The molecule has 0 bridgehead atoms. The fourth-order valence-electron chi connectivity index (χ4n) is 2.97. The lowest BCUT2D eigenvalue weighted by molar-refractivity contribution is 0.0511. The molecule has 1 aromatic heterocycles. The zero-order valence-corrected chi connectivity index (χ0v) is 15.1. The molecule has 0 radical (unpaired) electrons. The predicted octanol–water partition coefficient (Wildman–Crippen LogP) is 2.09. The zero-order valence-electron chi connectivity index (χ0n) is 15.1. The molecular formula is C19H23N3O4. The number of nitrogens with zero attached hydrogens (tertiary/aromatic N) is 3. The SMILES string of the molecule is CCOC(=O)c1c(C)cnn1CC(=O)c1ccc(N2CCOCC2)cc1. The number of ketones is 1. The molecule has 7 nitrogen and oxygen atoms in total. The van der Waals surface area contributed by atoms with Gasteiger partial charge in [0.2, 0.25) is 0 Å². The largest absolute Gasteiger partial charge is 0.461 e. The summed E-state index contributed by atoms with van der Waals surface area (Å²) in [6, 6.07) is 7.51. The van der Waals surface area contributed by atoms with E-state index in [4.69, 9.17) is 9.47 Å². The van der Waals surface area contributed by atoms with Gasteiger partial charge >= 0.3 is 5.97 Å². The number of aryl methyl sites for hydroxylation is 1. The van der Waals surface area contributed by atoms with E-state index in [2.05, 4.69) is 10.00 Å². The minimum Gasteiger partial charge on any atom is -0.461 e. The number of anilines is 1. The summed E-state index contributed by atoms with van der Waals surface area (Å²) in [5.74, 6) is -0.565. The van der Waals surface area contributed by atoms with Gasteiger partial charge in [-0.1, -0.05) is 0 Å². The highest BCUT2D eigenvalue weighted by Crippen LogP contribution is 2.18. The Labute approximate surface area is 152 Å². The van der Waals surface area contributed by atoms with Crippen LogP contribution in [-0.2, 0) is 16.0 Å². The standard InChI is InChI=1S/C19H23N3O4/c1-3-26-19(24)18-14(2)12-20-22(18)13-17(23)15-4-6-16(7-5-15)21-8-10-25-11-9-21/h4-7,12H,3,8-11,13H2,1-2H3. The molecule has 0 atom stereocenters. The maximum Gasteiger partial charge on any atom is 0.356 e. The Balaban J connectivity index is 1.71. The van der Waals surface area contributed by atoms with Gasteiger partial charge < -0.3 is 14.4 Å². The van der Waals surface area contributed by atoms with Crippen molar-refractivity contribution in [2.75, 3.05) is 37.8 Å². The molecule has 0 N–H and O–H groups in total. The van der Waals surface area contributed by atoms with E-state index >= 15 is 0 Å². The Kier molecular flexibility index (Phi) is 5.68. The monoisotopic (exact) mass is 357 g/mol. The van der Waals surface area contributed by atoms with Crippen molar-refractivity contribution in [3.63, 3.8) is 0 Å². The van der Waals surface area contributed by atoms with Crippen LogP contribution in [0.25, 0.3) is 0 Å². The highest BCUT2D eigenvalue weighted by Gasteiger charge is 2.20. The van der Waals surface area contributed by atoms with Crippen molar-refractivity contribution >= 4 is 17.4 Å². The van der Waals surface area contributed by atoms with E-state index in [0.29, 0.717) is 16.8 Å².